The summed E-state index contributed by atoms with van der Waals surface area (Å²) in [5.74, 6) is 0.121. The molecule has 1 N–H and O–H groups in total. The molecular weight excluding hydrogens is 270 g/mol. The highest BCUT2D eigenvalue weighted by Crippen LogP contribution is 2.15. The predicted molar refractivity (Wildman–Crippen MR) is 79.5 cm³/mol. The summed E-state index contributed by atoms with van der Waals surface area (Å²) in [7, 11) is 0. The van der Waals surface area contributed by atoms with Crippen LogP contribution in [0.15, 0.2) is 41.2 Å². The summed E-state index contributed by atoms with van der Waals surface area (Å²) in [5.41, 5.74) is 4.08. The number of carbonyl (C=O) groups is 1. The van der Waals surface area contributed by atoms with Crippen molar-refractivity contribution in [1.82, 2.24) is 15.2 Å². The molecule has 0 spiro atoms. The van der Waals surface area contributed by atoms with Crippen LogP contribution in [-0.4, -0.2) is 34.9 Å². The van der Waals surface area contributed by atoms with Crippen LogP contribution in [0.25, 0.3) is 0 Å². The maximum Gasteiger partial charge on any atom is 0.237 e. The van der Waals surface area contributed by atoms with Gasteiger partial charge in [-0.15, -0.1) is 11.3 Å². The molecule has 1 saturated heterocycles. The summed E-state index contributed by atoms with van der Waals surface area (Å²) in [4.78, 5) is 18.7. The molecule has 1 aromatic carbocycles. The van der Waals surface area contributed by atoms with Gasteiger partial charge in [0.25, 0.3) is 0 Å². The van der Waals surface area contributed by atoms with E-state index in [1.807, 2.05) is 29.1 Å². The van der Waals surface area contributed by atoms with Gasteiger partial charge in [-0.1, -0.05) is 30.3 Å². The van der Waals surface area contributed by atoms with E-state index in [1.165, 1.54) is 5.56 Å². The van der Waals surface area contributed by atoms with Gasteiger partial charge in [-0.3, -0.25) is 9.69 Å². The zero-order valence-electron chi connectivity index (χ0n) is 11.2. The van der Waals surface area contributed by atoms with Gasteiger partial charge < -0.3 is 5.32 Å². The first-order chi connectivity index (χ1) is 9.83. The van der Waals surface area contributed by atoms with Gasteiger partial charge in [0.2, 0.25) is 5.91 Å². The minimum absolute atomic E-state index is 0.104. The molecule has 2 aromatic rings. The predicted octanol–water partition coefficient (Wildman–Crippen LogP) is 1.69. The van der Waals surface area contributed by atoms with Crippen molar-refractivity contribution in [2.75, 3.05) is 13.1 Å². The summed E-state index contributed by atoms with van der Waals surface area (Å²) in [6, 6.07) is 10.1. The van der Waals surface area contributed by atoms with Crippen molar-refractivity contribution in [1.29, 1.82) is 0 Å². The maximum absolute atomic E-state index is 12.2. The molecule has 1 aromatic heterocycles. The molecule has 4 nitrogen and oxygen atoms in total. The standard InChI is InChI=1S/C15H17N3OS/c19-15-14(8-12-4-2-1-3-5-12)18(7-6-16-15)9-13-10-20-11-17-13/h1-5,10-11,14H,6-9H2,(H,16,19)/t14-/m0/s1. The number of thiazole rings is 1. The Bertz CT molecular complexity index is 556. The lowest BCUT2D eigenvalue weighted by atomic mass is 10.0. The number of aromatic nitrogens is 1. The van der Waals surface area contributed by atoms with E-state index in [4.69, 9.17) is 0 Å². The van der Waals surface area contributed by atoms with E-state index >= 15 is 0 Å². The van der Waals surface area contributed by atoms with Gasteiger partial charge >= 0.3 is 0 Å². The van der Waals surface area contributed by atoms with E-state index in [1.54, 1.807) is 11.3 Å². The van der Waals surface area contributed by atoms with Crippen molar-refractivity contribution >= 4 is 17.2 Å². The summed E-state index contributed by atoms with van der Waals surface area (Å²) in [5, 5.41) is 5.01. The molecule has 104 valence electrons. The van der Waals surface area contributed by atoms with Gasteiger partial charge in [-0.25, -0.2) is 4.98 Å². The molecule has 5 heteroatoms. The van der Waals surface area contributed by atoms with Crippen molar-refractivity contribution in [2.45, 2.75) is 19.0 Å². The molecule has 0 aliphatic carbocycles. The molecule has 1 fully saturated rings. The van der Waals surface area contributed by atoms with Gasteiger partial charge in [0.1, 0.15) is 0 Å². The van der Waals surface area contributed by atoms with Crippen molar-refractivity contribution in [3.63, 3.8) is 0 Å². The number of nitrogens with one attached hydrogen (secondary N) is 1. The molecule has 1 aliphatic rings. The van der Waals surface area contributed by atoms with Gasteiger partial charge in [0.15, 0.2) is 0 Å². The Balaban J connectivity index is 1.74. The fraction of sp³-hybridized carbons (Fsp3) is 0.333. The lowest BCUT2D eigenvalue weighted by molar-refractivity contribution is -0.129. The van der Waals surface area contributed by atoms with E-state index in [0.717, 1.165) is 25.2 Å². The minimum atomic E-state index is -0.104. The van der Waals surface area contributed by atoms with Crippen LogP contribution >= 0.6 is 11.3 Å². The third kappa shape index (κ3) is 3.05. The molecule has 0 radical (unpaired) electrons. The van der Waals surface area contributed by atoms with E-state index in [9.17, 15) is 4.79 Å². The summed E-state index contributed by atoms with van der Waals surface area (Å²) >= 11 is 1.60. The third-order valence-electron chi connectivity index (χ3n) is 3.56. The van der Waals surface area contributed by atoms with Crippen LogP contribution in [0.2, 0.25) is 0 Å². The third-order valence-corrected chi connectivity index (χ3v) is 4.20. The first-order valence-corrected chi connectivity index (χ1v) is 7.70. The zero-order chi connectivity index (χ0) is 13.8. The Morgan fingerprint density at radius 1 is 1.35 bits per heavy atom. The SMILES string of the molecule is O=C1NCCN(Cc2cscn2)[C@H]1Cc1ccccc1. The Labute approximate surface area is 122 Å². The smallest absolute Gasteiger partial charge is 0.237 e. The zero-order valence-corrected chi connectivity index (χ0v) is 12.0. The number of nitrogens with zero attached hydrogens (tertiary/aromatic N) is 2. The quantitative estimate of drug-likeness (QED) is 0.930. The minimum Gasteiger partial charge on any atom is -0.353 e. The second kappa shape index (κ2) is 6.15. The number of amides is 1. The fourth-order valence-electron chi connectivity index (χ4n) is 2.53. The highest BCUT2D eigenvalue weighted by molar-refractivity contribution is 7.07. The van der Waals surface area contributed by atoms with Crippen molar-refractivity contribution in [3.8, 4) is 0 Å². The first-order valence-electron chi connectivity index (χ1n) is 6.75. The highest BCUT2D eigenvalue weighted by Gasteiger charge is 2.29. The lowest BCUT2D eigenvalue weighted by Crippen LogP contribution is -2.55. The molecule has 3 rings (SSSR count). The Morgan fingerprint density at radius 3 is 2.95 bits per heavy atom. The largest absolute Gasteiger partial charge is 0.353 e. The van der Waals surface area contributed by atoms with Crippen LogP contribution in [0.1, 0.15) is 11.3 Å². The fourth-order valence-corrected chi connectivity index (χ4v) is 3.08. The topological polar surface area (TPSA) is 45.2 Å². The second-order valence-electron chi connectivity index (χ2n) is 4.95. The van der Waals surface area contributed by atoms with E-state index in [-0.39, 0.29) is 11.9 Å². The molecule has 0 bridgehead atoms. The van der Waals surface area contributed by atoms with Crippen LogP contribution in [0.5, 0.6) is 0 Å². The molecule has 1 amide bonds. The van der Waals surface area contributed by atoms with Gasteiger partial charge in [0.05, 0.1) is 17.2 Å². The monoisotopic (exact) mass is 287 g/mol. The number of hydrogen-bond donors (Lipinski definition) is 1. The molecule has 0 saturated carbocycles. The number of hydrogen-bond acceptors (Lipinski definition) is 4. The van der Waals surface area contributed by atoms with E-state index in [0.29, 0.717) is 6.54 Å². The average Bonchev–Trinajstić information content (AvgIpc) is 2.97. The van der Waals surface area contributed by atoms with Gasteiger partial charge in [0, 0.05) is 25.0 Å². The van der Waals surface area contributed by atoms with Gasteiger partial charge in [-0.05, 0) is 12.0 Å². The van der Waals surface area contributed by atoms with Crippen molar-refractivity contribution in [3.05, 3.63) is 52.5 Å². The number of benzene rings is 1. The molecule has 20 heavy (non-hydrogen) atoms. The summed E-state index contributed by atoms with van der Waals surface area (Å²) in [6.07, 6.45) is 0.747. The normalized spacial score (nSPS) is 19.8. The van der Waals surface area contributed by atoms with Crippen LogP contribution in [0.4, 0.5) is 0 Å². The highest BCUT2D eigenvalue weighted by atomic mass is 32.1. The molecule has 1 aliphatic heterocycles. The van der Waals surface area contributed by atoms with Crippen molar-refractivity contribution < 1.29 is 4.79 Å². The van der Waals surface area contributed by atoms with Crippen LogP contribution in [-0.2, 0) is 17.8 Å². The average molecular weight is 287 g/mol. The lowest BCUT2D eigenvalue weighted by Gasteiger charge is -2.34. The number of rotatable bonds is 4. The molecular formula is C15H17N3OS. The summed E-state index contributed by atoms with van der Waals surface area (Å²) < 4.78 is 0. The first kappa shape index (κ1) is 13.3. The van der Waals surface area contributed by atoms with E-state index < -0.39 is 0 Å². The Hall–Kier alpha value is -1.72. The second-order valence-corrected chi connectivity index (χ2v) is 5.67. The van der Waals surface area contributed by atoms with Crippen LogP contribution in [0, 0.1) is 0 Å². The van der Waals surface area contributed by atoms with Crippen molar-refractivity contribution in [2.24, 2.45) is 0 Å². The van der Waals surface area contributed by atoms with Gasteiger partial charge in [-0.2, -0.15) is 0 Å². The number of carbonyl (C=O) groups excluding carboxylic acids is 1. The molecule has 2 heterocycles. The number of piperazine rings is 1. The molecule has 1 atom stereocenters. The Morgan fingerprint density at radius 2 is 2.20 bits per heavy atom. The van der Waals surface area contributed by atoms with Crippen LogP contribution < -0.4 is 5.32 Å². The molecule has 0 unspecified atom stereocenters. The Kier molecular flexibility index (Phi) is 4.08. The van der Waals surface area contributed by atoms with Crippen LogP contribution in [0.3, 0.4) is 0 Å². The summed E-state index contributed by atoms with van der Waals surface area (Å²) in [6.45, 7) is 2.34. The van der Waals surface area contributed by atoms with E-state index in [2.05, 4.69) is 27.3 Å². The maximum atomic E-state index is 12.2.